The van der Waals surface area contributed by atoms with Crippen molar-refractivity contribution in [2.24, 2.45) is 0 Å². The van der Waals surface area contributed by atoms with E-state index in [1.54, 1.807) is 0 Å². The van der Waals surface area contributed by atoms with E-state index in [0.29, 0.717) is 6.61 Å². The van der Waals surface area contributed by atoms with Gasteiger partial charge in [-0.2, -0.15) is 0 Å². The second-order valence-corrected chi connectivity index (χ2v) is 1.92. The highest BCUT2D eigenvalue weighted by molar-refractivity contribution is 5.79. The maximum atomic E-state index is 9.99. The Labute approximate surface area is 58.6 Å². The van der Waals surface area contributed by atoms with Crippen LogP contribution in [0.25, 0.3) is 0 Å². The highest BCUT2D eigenvalue weighted by Gasteiger charge is 2.04. The van der Waals surface area contributed by atoms with Crippen molar-refractivity contribution in [1.82, 2.24) is 0 Å². The number of aliphatic carboxylic acids is 1. The molecular formula is C7H8O3. The van der Waals surface area contributed by atoms with Crippen LogP contribution in [0, 0.1) is 0 Å². The molecule has 1 unspecified atom stereocenters. The van der Waals surface area contributed by atoms with Gasteiger partial charge in [-0.25, -0.2) is 4.79 Å². The Morgan fingerprint density at radius 3 is 3.10 bits per heavy atom. The molecule has 0 fully saturated rings. The molecule has 0 saturated heterocycles. The highest BCUT2D eigenvalue weighted by atomic mass is 16.5. The lowest BCUT2D eigenvalue weighted by molar-refractivity contribution is -0.131. The Morgan fingerprint density at radius 1 is 1.80 bits per heavy atom. The number of hydrogen-bond donors (Lipinski definition) is 1. The molecule has 54 valence electrons. The lowest BCUT2D eigenvalue weighted by Crippen LogP contribution is -2.00. The number of carboxylic acid groups (broad SMARTS) is 1. The van der Waals surface area contributed by atoms with Gasteiger partial charge in [0.2, 0.25) is 0 Å². The number of rotatable bonds is 2. The van der Waals surface area contributed by atoms with Crippen LogP contribution in [0.2, 0.25) is 0 Å². The zero-order valence-electron chi connectivity index (χ0n) is 5.36. The lowest BCUT2D eigenvalue weighted by Gasteiger charge is -1.97. The Kier molecular flexibility index (Phi) is 2.23. The summed E-state index contributed by atoms with van der Waals surface area (Å²) in [5, 5.41) is 8.21. The summed E-state index contributed by atoms with van der Waals surface area (Å²) in [6.45, 7) is 0.578. The third-order valence-corrected chi connectivity index (χ3v) is 1.14. The van der Waals surface area contributed by atoms with Gasteiger partial charge in [-0.1, -0.05) is 12.2 Å². The van der Waals surface area contributed by atoms with Gasteiger partial charge in [0.15, 0.2) is 0 Å². The monoisotopic (exact) mass is 140 g/mol. The van der Waals surface area contributed by atoms with Gasteiger partial charge >= 0.3 is 5.97 Å². The minimum Gasteiger partial charge on any atom is -0.478 e. The second-order valence-electron chi connectivity index (χ2n) is 1.92. The molecule has 0 amide bonds. The summed E-state index contributed by atoms with van der Waals surface area (Å²) in [5.41, 5.74) is 0. The molecule has 3 heteroatoms. The Hall–Kier alpha value is -1.09. The molecule has 10 heavy (non-hydrogen) atoms. The summed E-state index contributed by atoms with van der Waals surface area (Å²) >= 11 is 0. The largest absolute Gasteiger partial charge is 0.478 e. The molecule has 1 atom stereocenters. The molecule has 0 aliphatic carbocycles. The maximum absolute atomic E-state index is 9.99. The molecule has 3 nitrogen and oxygen atoms in total. The molecule has 0 aromatic carbocycles. The van der Waals surface area contributed by atoms with Crippen molar-refractivity contribution in [2.75, 3.05) is 6.61 Å². The minimum atomic E-state index is -0.941. The van der Waals surface area contributed by atoms with Crippen molar-refractivity contribution < 1.29 is 14.6 Å². The molecule has 0 aromatic rings. The van der Waals surface area contributed by atoms with Gasteiger partial charge in [0.05, 0.1) is 12.7 Å². The van der Waals surface area contributed by atoms with Crippen LogP contribution in [0.15, 0.2) is 24.3 Å². The molecule has 1 heterocycles. The van der Waals surface area contributed by atoms with Crippen molar-refractivity contribution in [3.8, 4) is 0 Å². The first kappa shape index (κ1) is 7.02. The first-order valence-corrected chi connectivity index (χ1v) is 2.98. The summed E-state index contributed by atoms with van der Waals surface area (Å²) in [7, 11) is 0. The van der Waals surface area contributed by atoms with Crippen LogP contribution in [0.4, 0.5) is 0 Å². The normalized spacial score (nSPS) is 24.2. The summed E-state index contributed by atoms with van der Waals surface area (Å²) in [4.78, 5) is 9.99. The van der Waals surface area contributed by atoms with E-state index in [9.17, 15) is 4.79 Å². The molecule has 0 aromatic heterocycles. The predicted molar refractivity (Wildman–Crippen MR) is 35.7 cm³/mol. The first-order chi connectivity index (χ1) is 4.79. The standard InChI is InChI=1S/C7H8O3/c8-7(9)4-3-6-2-1-5-10-6/h1-4,6H,5H2,(H,8,9). The third kappa shape index (κ3) is 2.03. The fourth-order valence-corrected chi connectivity index (χ4v) is 0.709. The van der Waals surface area contributed by atoms with Gasteiger partial charge in [-0.3, -0.25) is 0 Å². The summed E-state index contributed by atoms with van der Waals surface area (Å²) in [6, 6.07) is 0. The van der Waals surface area contributed by atoms with Crippen molar-refractivity contribution >= 4 is 5.97 Å². The van der Waals surface area contributed by atoms with Crippen LogP contribution < -0.4 is 0 Å². The SMILES string of the molecule is O=C(O)C=CC1C=CCO1. The van der Waals surface area contributed by atoms with Crippen LogP contribution in [-0.2, 0) is 9.53 Å². The topological polar surface area (TPSA) is 46.5 Å². The summed E-state index contributed by atoms with van der Waals surface area (Å²) < 4.78 is 5.04. The van der Waals surface area contributed by atoms with E-state index in [-0.39, 0.29) is 6.10 Å². The van der Waals surface area contributed by atoms with Crippen LogP contribution in [0.5, 0.6) is 0 Å². The molecule has 1 N–H and O–H groups in total. The summed E-state index contributed by atoms with van der Waals surface area (Å²) in [5.74, 6) is -0.941. The maximum Gasteiger partial charge on any atom is 0.328 e. The second kappa shape index (κ2) is 3.17. The van der Waals surface area contributed by atoms with E-state index in [4.69, 9.17) is 9.84 Å². The predicted octanol–water partition coefficient (Wildman–Crippen LogP) is 0.582. The van der Waals surface area contributed by atoms with Crippen LogP contribution in [0.3, 0.4) is 0 Å². The van der Waals surface area contributed by atoms with E-state index >= 15 is 0 Å². The van der Waals surface area contributed by atoms with Crippen LogP contribution >= 0.6 is 0 Å². The average Bonchev–Trinajstić information content (AvgIpc) is 2.34. The van der Waals surface area contributed by atoms with E-state index in [0.717, 1.165) is 6.08 Å². The van der Waals surface area contributed by atoms with Gasteiger partial charge in [0.25, 0.3) is 0 Å². The van der Waals surface area contributed by atoms with Gasteiger partial charge in [-0.05, 0) is 6.08 Å². The quantitative estimate of drug-likeness (QED) is 0.451. The lowest BCUT2D eigenvalue weighted by atomic mass is 10.3. The van der Waals surface area contributed by atoms with Gasteiger partial charge in [0.1, 0.15) is 0 Å². The molecule has 0 radical (unpaired) electrons. The molecule has 0 saturated carbocycles. The third-order valence-electron chi connectivity index (χ3n) is 1.14. The molecule has 0 bridgehead atoms. The molecule has 0 spiro atoms. The van der Waals surface area contributed by atoms with E-state index in [1.807, 2.05) is 12.2 Å². The minimum absolute atomic E-state index is 0.143. The van der Waals surface area contributed by atoms with Crippen LogP contribution in [-0.4, -0.2) is 23.8 Å². The average molecular weight is 140 g/mol. The fraction of sp³-hybridized carbons (Fsp3) is 0.286. The van der Waals surface area contributed by atoms with Gasteiger partial charge in [0, 0.05) is 6.08 Å². The van der Waals surface area contributed by atoms with Gasteiger partial charge in [-0.15, -0.1) is 0 Å². The Balaban J connectivity index is 2.37. The summed E-state index contributed by atoms with van der Waals surface area (Å²) in [6.07, 6.45) is 6.12. The number of carboxylic acids is 1. The molecule has 1 rings (SSSR count). The van der Waals surface area contributed by atoms with Crippen LogP contribution in [0.1, 0.15) is 0 Å². The van der Waals surface area contributed by atoms with E-state index < -0.39 is 5.97 Å². The number of hydrogen-bond acceptors (Lipinski definition) is 2. The van der Waals surface area contributed by atoms with Crippen molar-refractivity contribution in [1.29, 1.82) is 0 Å². The Morgan fingerprint density at radius 2 is 2.60 bits per heavy atom. The molecular weight excluding hydrogens is 132 g/mol. The Bertz CT molecular complexity index is 181. The number of carbonyl (C=O) groups is 1. The fourth-order valence-electron chi connectivity index (χ4n) is 0.709. The molecule has 1 aliphatic rings. The van der Waals surface area contributed by atoms with Gasteiger partial charge < -0.3 is 9.84 Å². The highest BCUT2D eigenvalue weighted by Crippen LogP contribution is 2.03. The zero-order valence-corrected chi connectivity index (χ0v) is 5.36. The van der Waals surface area contributed by atoms with Crippen molar-refractivity contribution in [3.63, 3.8) is 0 Å². The smallest absolute Gasteiger partial charge is 0.328 e. The van der Waals surface area contributed by atoms with E-state index in [1.165, 1.54) is 6.08 Å². The first-order valence-electron chi connectivity index (χ1n) is 2.98. The molecule has 1 aliphatic heterocycles. The van der Waals surface area contributed by atoms with E-state index in [2.05, 4.69) is 0 Å². The zero-order chi connectivity index (χ0) is 7.40. The van der Waals surface area contributed by atoms with Crippen molar-refractivity contribution in [2.45, 2.75) is 6.10 Å². The van der Waals surface area contributed by atoms with Crippen molar-refractivity contribution in [3.05, 3.63) is 24.3 Å². The number of ether oxygens (including phenoxy) is 1.